The first kappa shape index (κ1) is 11.0. The number of hydrogen-bond acceptors (Lipinski definition) is 3. The Hall–Kier alpha value is -2.10. The molecule has 4 heteroatoms. The molecule has 0 bridgehead atoms. The Bertz CT molecular complexity index is 589. The predicted molar refractivity (Wildman–Crippen MR) is 66.7 cm³/mol. The van der Waals surface area contributed by atoms with E-state index in [4.69, 9.17) is 4.74 Å². The van der Waals surface area contributed by atoms with Gasteiger partial charge in [0.2, 0.25) is 0 Å². The van der Waals surface area contributed by atoms with Crippen molar-refractivity contribution in [1.29, 1.82) is 0 Å². The molecule has 2 heterocycles. The van der Waals surface area contributed by atoms with E-state index >= 15 is 0 Å². The van der Waals surface area contributed by atoms with Crippen molar-refractivity contribution in [3.05, 3.63) is 47.8 Å². The van der Waals surface area contributed by atoms with Gasteiger partial charge in [-0.05, 0) is 24.1 Å². The number of hydrogen-bond donors (Lipinski definition) is 0. The molecule has 1 aliphatic rings. The molecule has 1 atom stereocenters. The molecule has 0 fully saturated rings. The second kappa shape index (κ2) is 4.29. The first-order valence-corrected chi connectivity index (χ1v) is 5.98. The molecule has 0 N–H and O–H groups in total. The summed E-state index contributed by atoms with van der Waals surface area (Å²) in [6.45, 7) is 0.445. The SMILES string of the molecule is Cn1nccc1C(=O)C1COc2ccccc2C1. The summed E-state index contributed by atoms with van der Waals surface area (Å²) in [6.07, 6.45) is 2.38. The highest BCUT2D eigenvalue weighted by molar-refractivity contribution is 5.96. The van der Waals surface area contributed by atoms with E-state index in [0.29, 0.717) is 12.3 Å². The van der Waals surface area contributed by atoms with E-state index in [1.807, 2.05) is 24.3 Å². The van der Waals surface area contributed by atoms with Crippen molar-refractivity contribution in [2.75, 3.05) is 6.61 Å². The van der Waals surface area contributed by atoms with Gasteiger partial charge in [-0.15, -0.1) is 0 Å². The van der Waals surface area contributed by atoms with Gasteiger partial charge in [0.25, 0.3) is 0 Å². The van der Waals surface area contributed by atoms with Gasteiger partial charge in [-0.25, -0.2) is 0 Å². The number of para-hydroxylation sites is 1. The molecule has 18 heavy (non-hydrogen) atoms. The fraction of sp³-hybridized carbons (Fsp3) is 0.286. The number of aryl methyl sites for hydroxylation is 1. The van der Waals surface area contributed by atoms with Crippen LogP contribution in [0.1, 0.15) is 16.1 Å². The smallest absolute Gasteiger partial charge is 0.187 e. The van der Waals surface area contributed by atoms with Crippen LogP contribution >= 0.6 is 0 Å². The minimum absolute atomic E-state index is 0.101. The summed E-state index contributed by atoms with van der Waals surface area (Å²) in [4.78, 5) is 12.4. The molecule has 92 valence electrons. The summed E-state index contributed by atoms with van der Waals surface area (Å²) in [7, 11) is 1.78. The van der Waals surface area contributed by atoms with Crippen molar-refractivity contribution in [2.24, 2.45) is 13.0 Å². The van der Waals surface area contributed by atoms with Gasteiger partial charge in [0, 0.05) is 13.2 Å². The Morgan fingerprint density at radius 1 is 1.39 bits per heavy atom. The van der Waals surface area contributed by atoms with E-state index in [1.54, 1.807) is 24.0 Å². The predicted octanol–water partition coefficient (Wildman–Crippen LogP) is 1.85. The van der Waals surface area contributed by atoms with Gasteiger partial charge < -0.3 is 4.74 Å². The molecule has 0 radical (unpaired) electrons. The van der Waals surface area contributed by atoms with Crippen molar-refractivity contribution in [3.8, 4) is 5.75 Å². The number of rotatable bonds is 2. The zero-order valence-corrected chi connectivity index (χ0v) is 10.2. The second-order valence-corrected chi connectivity index (χ2v) is 4.52. The number of fused-ring (bicyclic) bond motifs is 1. The van der Waals surface area contributed by atoms with E-state index in [-0.39, 0.29) is 11.7 Å². The van der Waals surface area contributed by atoms with Gasteiger partial charge in [0.15, 0.2) is 5.78 Å². The lowest BCUT2D eigenvalue weighted by Gasteiger charge is -2.24. The van der Waals surface area contributed by atoms with Gasteiger partial charge in [0.05, 0.1) is 12.5 Å². The number of benzene rings is 1. The number of carbonyl (C=O) groups excluding carboxylic acids is 1. The number of aromatic nitrogens is 2. The van der Waals surface area contributed by atoms with Crippen LogP contribution < -0.4 is 4.74 Å². The molecule has 0 amide bonds. The van der Waals surface area contributed by atoms with Crippen molar-refractivity contribution in [2.45, 2.75) is 6.42 Å². The second-order valence-electron chi connectivity index (χ2n) is 4.52. The van der Waals surface area contributed by atoms with Gasteiger partial charge in [-0.3, -0.25) is 9.48 Å². The lowest BCUT2D eigenvalue weighted by Crippen LogP contribution is -2.29. The molecule has 4 nitrogen and oxygen atoms in total. The number of nitrogens with zero attached hydrogens (tertiary/aromatic N) is 2. The highest BCUT2D eigenvalue weighted by Crippen LogP contribution is 2.28. The van der Waals surface area contributed by atoms with Crippen LogP contribution in [0.25, 0.3) is 0 Å². The largest absolute Gasteiger partial charge is 0.493 e. The first-order valence-electron chi connectivity index (χ1n) is 5.98. The Morgan fingerprint density at radius 2 is 2.22 bits per heavy atom. The summed E-state index contributed by atoms with van der Waals surface area (Å²) >= 11 is 0. The zero-order chi connectivity index (χ0) is 12.5. The molecule has 3 rings (SSSR count). The quantitative estimate of drug-likeness (QED) is 0.755. The third kappa shape index (κ3) is 1.79. The first-order chi connectivity index (χ1) is 8.75. The van der Waals surface area contributed by atoms with E-state index in [0.717, 1.165) is 17.7 Å². The average Bonchev–Trinajstić information content (AvgIpc) is 2.83. The summed E-state index contributed by atoms with van der Waals surface area (Å²) in [5, 5.41) is 4.03. The van der Waals surface area contributed by atoms with Gasteiger partial charge in [-0.1, -0.05) is 18.2 Å². The summed E-state index contributed by atoms with van der Waals surface area (Å²) in [5.74, 6) is 0.881. The Labute approximate surface area is 105 Å². The molecule has 1 aromatic heterocycles. The van der Waals surface area contributed by atoms with E-state index in [9.17, 15) is 4.79 Å². The van der Waals surface area contributed by atoms with Crippen LogP contribution in [0.4, 0.5) is 0 Å². The molecule has 0 saturated carbocycles. The maximum absolute atomic E-state index is 12.4. The van der Waals surface area contributed by atoms with E-state index < -0.39 is 0 Å². The average molecular weight is 242 g/mol. The fourth-order valence-electron chi connectivity index (χ4n) is 2.32. The van der Waals surface area contributed by atoms with Crippen molar-refractivity contribution in [3.63, 3.8) is 0 Å². The Balaban J connectivity index is 1.84. The lowest BCUT2D eigenvalue weighted by molar-refractivity contribution is 0.0845. The van der Waals surface area contributed by atoms with Crippen molar-refractivity contribution >= 4 is 5.78 Å². The summed E-state index contributed by atoms with van der Waals surface area (Å²) < 4.78 is 7.26. The normalized spacial score (nSPS) is 17.9. The molecule has 1 aromatic carbocycles. The zero-order valence-electron chi connectivity index (χ0n) is 10.2. The molecule has 0 spiro atoms. The van der Waals surface area contributed by atoms with Crippen molar-refractivity contribution < 1.29 is 9.53 Å². The molecule has 0 saturated heterocycles. The van der Waals surface area contributed by atoms with Crippen LogP contribution in [-0.4, -0.2) is 22.2 Å². The number of ether oxygens (including phenoxy) is 1. The number of ketones is 1. The number of carbonyl (C=O) groups is 1. The van der Waals surface area contributed by atoms with Crippen LogP contribution in [-0.2, 0) is 13.5 Å². The Kier molecular flexibility index (Phi) is 2.63. The standard InChI is InChI=1S/C14H14N2O2/c1-16-12(6-7-15-16)14(17)11-8-10-4-2-3-5-13(10)18-9-11/h2-7,11H,8-9H2,1H3. The number of Topliss-reactive ketones (excluding diaryl/α,β-unsaturated/α-hetero) is 1. The van der Waals surface area contributed by atoms with Crippen LogP contribution in [0.3, 0.4) is 0 Å². The van der Waals surface area contributed by atoms with Crippen LogP contribution in [0, 0.1) is 5.92 Å². The molecule has 0 aliphatic carbocycles. The molecule has 1 aliphatic heterocycles. The van der Waals surface area contributed by atoms with Gasteiger partial charge in [-0.2, -0.15) is 5.10 Å². The monoisotopic (exact) mass is 242 g/mol. The summed E-state index contributed by atoms with van der Waals surface area (Å²) in [6, 6.07) is 9.63. The maximum atomic E-state index is 12.4. The minimum atomic E-state index is -0.115. The summed E-state index contributed by atoms with van der Waals surface area (Å²) in [5.41, 5.74) is 1.74. The third-order valence-corrected chi connectivity index (χ3v) is 3.32. The topological polar surface area (TPSA) is 44.1 Å². The maximum Gasteiger partial charge on any atom is 0.187 e. The van der Waals surface area contributed by atoms with Gasteiger partial charge in [0.1, 0.15) is 11.4 Å². The lowest BCUT2D eigenvalue weighted by atomic mass is 9.92. The molecule has 2 aromatic rings. The van der Waals surface area contributed by atoms with E-state index in [2.05, 4.69) is 5.10 Å². The third-order valence-electron chi connectivity index (χ3n) is 3.32. The molecular formula is C14H14N2O2. The van der Waals surface area contributed by atoms with Gasteiger partial charge >= 0.3 is 0 Å². The Morgan fingerprint density at radius 3 is 3.00 bits per heavy atom. The molecule has 1 unspecified atom stereocenters. The van der Waals surface area contributed by atoms with Crippen LogP contribution in [0.5, 0.6) is 5.75 Å². The van der Waals surface area contributed by atoms with E-state index in [1.165, 1.54) is 0 Å². The highest BCUT2D eigenvalue weighted by atomic mass is 16.5. The molecular weight excluding hydrogens is 228 g/mol. The van der Waals surface area contributed by atoms with Crippen LogP contribution in [0.15, 0.2) is 36.5 Å². The highest BCUT2D eigenvalue weighted by Gasteiger charge is 2.27. The minimum Gasteiger partial charge on any atom is -0.493 e. The van der Waals surface area contributed by atoms with Crippen LogP contribution in [0.2, 0.25) is 0 Å². The fourth-order valence-corrected chi connectivity index (χ4v) is 2.32. The van der Waals surface area contributed by atoms with Crippen molar-refractivity contribution in [1.82, 2.24) is 9.78 Å².